The summed E-state index contributed by atoms with van der Waals surface area (Å²) in [5, 5.41) is 26.1. The zero-order chi connectivity index (χ0) is 29.7. The molecule has 2 saturated heterocycles. The van der Waals surface area contributed by atoms with E-state index in [4.69, 9.17) is 55.9 Å². The number of rotatable bonds is 5. The molecule has 2 radical (unpaired) electrons. The first-order valence-corrected chi connectivity index (χ1v) is 14.8. The van der Waals surface area contributed by atoms with E-state index in [2.05, 4.69) is 31.1 Å². The Bertz CT molecular complexity index is 495. The molecule has 26 heteroatoms. The van der Waals surface area contributed by atoms with E-state index in [1.54, 1.807) is 0 Å². The average Bonchev–Trinajstić information content (AvgIpc) is 2.92. The topological polar surface area (TPSA) is 420 Å². The van der Waals surface area contributed by atoms with Crippen LogP contribution in [0.4, 0.5) is 0 Å². The van der Waals surface area contributed by atoms with Crippen molar-refractivity contribution in [2.75, 3.05) is 91.6 Å². The third kappa shape index (κ3) is 64.1. The fraction of sp³-hybridized carbons (Fsp3) is 1.00. The first-order chi connectivity index (χ1) is 17.3. The summed E-state index contributed by atoms with van der Waals surface area (Å²) < 4.78 is 102. The Kier molecular flexibility index (Phi) is 42.3. The van der Waals surface area contributed by atoms with Crippen LogP contribution in [-0.2, 0) is 45.1 Å². The maximum absolute atomic E-state index is 12.4. The predicted molar refractivity (Wildman–Crippen MR) is 103 cm³/mol. The number of nitrogens with zero attached hydrogens (tertiary/aromatic N) is 2. The van der Waals surface area contributed by atoms with E-state index < -0.39 is 36.8 Å². The van der Waals surface area contributed by atoms with Crippen LogP contribution in [0.2, 0.25) is 0 Å². The van der Waals surface area contributed by atoms with Crippen molar-refractivity contribution in [3.63, 3.8) is 0 Å². The molecule has 1 atom stereocenters. The molecule has 21 nitrogen and oxygen atoms in total. The molecule has 0 spiro atoms. The summed E-state index contributed by atoms with van der Waals surface area (Å²) in [7, 11) is -14.8. The van der Waals surface area contributed by atoms with Gasteiger partial charge in [-0.3, -0.25) is 0 Å². The van der Waals surface area contributed by atoms with E-state index in [9.17, 15) is 5.11 Å². The van der Waals surface area contributed by atoms with E-state index in [-0.39, 0.29) is 45.1 Å². The Labute approximate surface area is 271 Å². The van der Waals surface area contributed by atoms with Crippen molar-refractivity contribution in [1.82, 2.24) is 31.1 Å². The molecule has 0 aliphatic carbocycles. The minimum atomic E-state index is -4.94. The molecule has 2 heterocycles. The van der Waals surface area contributed by atoms with Crippen LogP contribution in [0.1, 0.15) is 6.42 Å². The van der Waals surface area contributed by atoms with Gasteiger partial charge in [0.1, 0.15) is 0 Å². The Morgan fingerprint density at radius 3 is 0.976 bits per heavy atom. The maximum Gasteiger partial charge on any atom is 2.00 e. The molecule has 0 aromatic rings. The van der Waals surface area contributed by atoms with E-state index in [1.165, 1.54) is 0 Å². The zero-order valence-corrected chi connectivity index (χ0v) is 26.4. The summed E-state index contributed by atoms with van der Waals surface area (Å²) in [5.41, 5.74) is 0. The molecule has 2 aliphatic heterocycles. The van der Waals surface area contributed by atoms with Crippen LogP contribution in [-0.4, -0.2) is 108 Å². The van der Waals surface area contributed by atoms with Crippen molar-refractivity contribution in [1.29, 1.82) is 0 Å². The zero-order valence-electron chi connectivity index (χ0n) is 22.3. The average molecular weight is 791 g/mol. The van der Waals surface area contributed by atoms with Gasteiger partial charge in [-0.2, -0.15) is 0 Å². The standard InChI is InChI=1S/C16H35N6O.3ClHO4.2Cu.2H2O/c23-16(15-22-13-8-19-4-5-20-9-14-22)1-10-21-11-6-17-2-3-18-7-12-21;3*2-1(3,4)5;;;;/h16-20H,1-15H2;3*(H,2,3,4,5);;;2*1H2/q-1;;;;2*+2;;/p-1/t16-;;;;;;;/m0......./s1. The predicted octanol–water partition coefficient (Wildman–Crippen LogP) is -19.0. The minimum Gasteiger partial charge on any atom is -0.851 e. The van der Waals surface area contributed by atoms with Gasteiger partial charge in [-0.1, -0.05) is 6.42 Å². The van der Waals surface area contributed by atoms with Gasteiger partial charge < -0.3 is 47.1 Å². The summed E-state index contributed by atoms with van der Waals surface area (Å²) in [4.78, 5) is 4.72. The molecular weight excluding hydrogens is 750 g/mol. The second-order valence-corrected chi connectivity index (χ2v) is 9.95. The van der Waals surface area contributed by atoms with Gasteiger partial charge in [0.15, 0.2) is 0 Å². The van der Waals surface area contributed by atoms with Crippen LogP contribution >= 0.6 is 0 Å². The van der Waals surface area contributed by atoms with Gasteiger partial charge in [0.25, 0.3) is 0 Å². The number of nitrogens with one attached hydrogen (secondary N) is 4. The van der Waals surface area contributed by atoms with Crippen molar-refractivity contribution in [2.45, 2.75) is 12.5 Å². The maximum atomic E-state index is 12.4. The Hall–Kier alpha value is 1.07. The van der Waals surface area contributed by atoms with Crippen molar-refractivity contribution in [2.24, 2.45) is 0 Å². The SMILES string of the molecule is [Cu+2].[Cu+2].[O-][C@@H](CCN1CCNCCNCC1)CN1CCNCCNCC1.[O-][Cl+3]([O-])([O-])[O-].[O-][Cl+3]([O-])([O-])[O-].[O-][Cl+3]([O-])([O-])[O-].[OH3+].[OH3+]. The summed E-state index contributed by atoms with van der Waals surface area (Å²) in [6, 6.07) is 0. The Morgan fingerprint density at radius 1 is 0.476 bits per heavy atom. The molecule has 0 unspecified atom stereocenters. The van der Waals surface area contributed by atoms with Crippen molar-refractivity contribution < 1.29 is 137 Å². The van der Waals surface area contributed by atoms with E-state index >= 15 is 0 Å². The molecule has 10 N–H and O–H groups in total. The molecule has 2 fully saturated rings. The van der Waals surface area contributed by atoms with E-state index in [0.29, 0.717) is 6.54 Å². The van der Waals surface area contributed by atoms with Gasteiger partial charge in [-0.05, 0) is 13.1 Å². The van der Waals surface area contributed by atoms with Gasteiger partial charge >= 0.3 is 34.1 Å². The van der Waals surface area contributed by atoms with Gasteiger partial charge in [-0.25, -0.2) is 55.9 Å². The first-order valence-electron chi connectivity index (χ1n) is 11.1. The Balaban J connectivity index is -0.000000143. The number of hydrogen-bond donors (Lipinski definition) is 4. The smallest absolute Gasteiger partial charge is 0.851 e. The van der Waals surface area contributed by atoms with Crippen LogP contribution in [0.15, 0.2) is 0 Å². The first kappa shape index (κ1) is 55.5. The third-order valence-corrected chi connectivity index (χ3v) is 4.61. The molecule has 0 aromatic carbocycles. The van der Waals surface area contributed by atoms with E-state index in [0.717, 1.165) is 91.5 Å². The van der Waals surface area contributed by atoms with Gasteiger partial charge in [-0.15, -0.1) is 36.8 Å². The summed E-state index contributed by atoms with van der Waals surface area (Å²) in [6.07, 6.45) is 0.265. The van der Waals surface area contributed by atoms with Crippen LogP contribution in [0.3, 0.4) is 0 Å². The van der Waals surface area contributed by atoms with Gasteiger partial charge in [0, 0.05) is 78.5 Å². The molecule has 2 aliphatic rings. The second kappa shape index (κ2) is 32.0. The molecule has 0 bridgehead atoms. The Morgan fingerprint density at radius 2 is 0.714 bits per heavy atom. The largest absolute Gasteiger partial charge is 2.00 e. The fourth-order valence-electron chi connectivity index (χ4n) is 3.14. The minimum absolute atomic E-state index is 0. The quantitative estimate of drug-likeness (QED) is 0.148. The van der Waals surface area contributed by atoms with Gasteiger partial charge in [0.2, 0.25) is 0 Å². The molecule has 266 valence electrons. The molecule has 0 aromatic heterocycles. The van der Waals surface area contributed by atoms with Crippen LogP contribution in [0, 0.1) is 30.7 Å². The molecule has 0 saturated carbocycles. The van der Waals surface area contributed by atoms with Crippen LogP contribution in [0.25, 0.3) is 0 Å². The summed E-state index contributed by atoms with van der Waals surface area (Å²) in [6.45, 7) is 13.8. The number of halogens is 3. The normalized spacial score (nSPS) is 18.2. The number of hydrogen-bond acceptors (Lipinski definition) is 19. The van der Waals surface area contributed by atoms with Crippen LogP contribution < -0.4 is 82.3 Å². The second-order valence-electron chi connectivity index (χ2n) is 7.69. The van der Waals surface area contributed by atoms with Gasteiger partial charge in [0.05, 0.1) is 0 Å². The summed E-state index contributed by atoms with van der Waals surface area (Å²) >= 11 is 0. The third-order valence-electron chi connectivity index (χ3n) is 4.61. The fourth-order valence-corrected chi connectivity index (χ4v) is 3.14. The molecule has 42 heavy (non-hydrogen) atoms. The summed E-state index contributed by atoms with van der Waals surface area (Å²) in [5.74, 6) is 0. The van der Waals surface area contributed by atoms with Crippen LogP contribution in [0.5, 0.6) is 0 Å². The molecule has 2 rings (SSSR count). The molecular formula is C16H41Cl3Cu2N6O15+2. The molecule has 0 amide bonds. The van der Waals surface area contributed by atoms with E-state index in [1.807, 2.05) is 0 Å². The van der Waals surface area contributed by atoms with Crippen molar-refractivity contribution >= 4 is 0 Å². The monoisotopic (exact) mass is 788 g/mol. The van der Waals surface area contributed by atoms with Crippen molar-refractivity contribution in [3.05, 3.63) is 0 Å². The van der Waals surface area contributed by atoms with Crippen molar-refractivity contribution in [3.8, 4) is 0 Å².